The van der Waals surface area contributed by atoms with E-state index in [9.17, 15) is 9.59 Å². The number of anilines is 2. The summed E-state index contributed by atoms with van der Waals surface area (Å²) in [7, 11) is 0. The van der Waals surface area contributed by atoms with E-state index >= 15 is 0 Å². The van der Waals surface area contributed by atoms with Gasteiger partial charge in [-0.15, -0.1) is 11.3 Å². The van der Waals surface area contributed by atoms with E-state index in [1.54, 1.807) is 6.33 Å². The molecule has 13 heteroatoms. The van der Waals surface area contributed by atoms with Gasteiger partial charge in [0.1, 0.15) is 5.52 Å². The van der Waals surface area contributed by atoms with Crippen molar-refractivity contribution >= 4 is 56.9 Å². The highest BCUT2D eigenvalue weighted by Crippen LogP contribution is 2.35. The second-order valence-electron chi connectivity index (χ2n) is 11.2. The molecule has 2 saturated heterocycles. The number of carbonyl (C=O) groups excluding carboxylic acids is 2. The minimum atomic E-state index is -0.0931. The third-order valence-electron chi connectivity index (χ3n) is 8.72. The third-order valence-corrected chi connectivity index (χ3v) is 9.70. The molecule has 3 fully saturated rings. The largest absolute Gasteiger partial charge is 0.382 e. The number of hydrogen-bond acceptors (Lipinski definition) is 9. The normalized spacial score (nSPS) is 23.0. The topological polar surface area (TPSA) is 135 Å². The molecule has 3 aliphatic rings. The van der Waals surface area contributed by atoms with E-state index in [2.05, 4.69) is 30.2 Å². The predicted octanol–water partition coefficient (Wildman–Crippen LogP) is 3.91. The first kappa shape index (κ1) is 27.3. The average Bonchev–Trinajstić information content (AvgIpc) is 3.60. The van der Waals surface area contributed by atoms with Crippen molar-refractivity contribution < 1.29 is 9.59 Å². The highest BCUT2D eigenvalue weighted by molar-refractivity contribution is 7.13. The van der Waals surface area contributed by atoms with Crippen molar-refractivity contribution in [3.63, 3.8) is 0 Å². The van der Waals surface area contributed by atoms with Crippen LogP contribution >= 0.6 is 22.9 Å². The fourth-order valence-electron chi connectivity index (χ4n) is 6.48. The van der Waals surface area contributed by atoms with Crippen LogP contribution in [0.25, 0.3) is 11.2 Å². The average molecular weight is 586 g/mol. The van der Waals surface area contributed by atoms with Crippen molar-refractivity contribution in [1.82, 2.24) is 34.3 Å². The van der Waals surface area contributed by atoms with E-state index in [4.69, 9.17) is 17.3 Å². The number of hydrogen-bond donors (Lipinski definition) is 2. The van der Waals surface area contributed by atoms with Crippen LogP contribution in [0.5, 0.6) is 0 Å². The lowest BCUT2D eigenvalue weighted by Gasteiger charge is -2.40. The Hall–Kier alpha value is -2.83. The first-order chi connectivity index (χ1) is 19.4. The summed E-state index contributed by atoms with van der Waals surface area (Å²) >= 11 is 7.39. The van der Waals surface area contributed by atoms with Crippen LogP contribution in [-0.2, 0) is 16.0 Å². The molecule has 214 valence electrons. The van der Waals surface area contributed by atoms with Gasteiger partial charge in [0.2, 0.25) is 17.1 Å². The zero-order chi connectivity index (χ0) is 27.6. The smallest absolute Gasteiger partial charge is 0.229 e. The van der Waals surface area contributed by atoms with Gasteiger partial charge < -0.3 is 25.4 Å². The highest BCUT2D eigenvalue weighted by Gasteiger charge is 2.30. The Balaban J connectivity index is 0.970. The molecule has 1 aliphatic carbocycles. The number of piperidine rings is 2. The summed E-state index contributed by atoms with van der Waals surface area (Å²) in [6.45, 7) is 4.04. The van der Waals surface area contributed by atoms with Crippen molar-refractivity contribution in [2.45, 2.75) is 76.3 Å². The van der Waals surface area contributed by atoms with Gasteiger partial charge >= 0.3 is 0 Å². The van der Waals surface area contributed by atoms with Crippen LogP contribution in [0.4, 0.5) is 10.9 Å². The number of carbonyl (C=O) groups is 2. The van der Waals surface area contributed by atoms with Crippen molar-refractivity contribution in [2.75, 3.05) is 37.2 Å². The Morgan fingerprint density at radius 2 is 1.73 bits per heavy atom. The molecule has 6 rings (SSSR count). The Bertz CT molecular complexity index is 1360. The van der Waals surface area contributed by atoms with Crippen LogP contribution in [0.3, 0.4) is 0 Å². The molecule has 0 aromatic carbocycles. The van der Waals surface area contributed by atoms with Gasteiger partial charge in [-0.05, 0) is 76.1 Å². The van der Waals surface area contributed by atoms with Crippen molar-refractivity contribution in [3.8, 4) is 0 Å². The molecule has 0 atom stereocenters. The number of aromatic nitrogens is 5. The number of halogens is 1. The minimum absolute atomic E-state index is 0.0180. The number of fused-ring (bicyclic) bond motifs is 1. The molecule has 1 saturated carbocycles. The number of nitrogens with one attached hydrogen (secondary N) is 1. The highest BCUT2D eigenvalue weighted by atomic mass is 35.5. The SMILES string of the molecule is Nc1nc(Cl)nc2c1ncn2[C@H]1CC[C@@H](C(=O)Nc2nc(CC(=O)N3CCC(N4CCCCC4)CC3)cs2)CC1. The molecule has 3 aromatic heterocycles. The van der Waals surface area contributed by atoms with Crippen LogP contribution < -0.4 is 11.1 Å². The third kappa shape index (κ3) is 5.94. The second kappa shape index (κ2) is 12.0. The summed E-state index contributed by atoms with van der Waals surface area (Å²) in [5, 5.41) is 5.52. The van der Waals surface area contributed by atoms with Gasteiger partial charge in [0.25, 0.3) is 0 Å². The molecule has 2 aliphatic heterocycles. The van der Waals surface area contributed by atoms with Crippen LogP contribution in [0.2, 0.25) is 5.28 Å². The summed E-state index contributed by atoms with van der Waals surface area (Å²) in [5.41, 5.74) is 7.83. The minimum Gasteiger partial charge on any atom is -0.382 e. The maximum Gasteiger partial charge on any atom is 0.229 e. The van der Waals surface area contributed by atoms with Crippen LogP contribution in [0.15, 0.2) is 11.7 Å². The Morgan fingerprint density at radius 1 is 0.975 bits per heavy atom. The number of thiazole rings is 1. The quantitative estimate of drug-likeness (QED) is 0.416. The zero-order valence-corrected chi connectivity index (χ0v) is 24.2. The number of rotatable bonds is 6. The first-order valence-electron chi connectivity index (χ1n) is 14.4. The van der Waals surface area contributed by atoms with Gasteiger partial charge in [-0.2, -0.15) is 9.97 Å². The van der Waals surface area contributed by atoms with Crippen LogP contribution in [-0.4, -0.2) is 78.3 Å². The molecular weight excluding hydrogens is 550 g/mol. The molecule has 0 unspecified atom stereocenters. The molecule has 0 spiro atoms. The van der Waals surface area contributed by atoms with Crippen LogP contribution in [0.1, 0.15) is 69.5 Å². The Kier molecular flexibility index (Phi) is 8.17. The van der Waals surface area contributed by atoms with E-state index in [1.807, 2.05) is 14.8 Å². The molecule has 3 N–H and O–H groups in total. The molecule has 40 heavy (non-hydrogen) atoms. The summed E-state index contributed by atoms with van der Waals surface area (Å²) in [5.74, 6) is 0.280. The van der Waals surface area contributed by atoms with E-state index in [1.165, 1.54) is 43.7 Å². The molecule has 11 nitrogen and oxygen atoms in total. The fraction of sp³-hybridized carbons (Fsp3) is 0.630. The molecule has 0 radical (unpaired) electrons. The summed E-state index contributed by atoms with van der Waals surface area (Å²) in [6, 6.07) is 0.785. The van der Waals surface area contributed by atoms with Gasteiger partial charge in [0, 0.05) is 36.5 Å². The van der Waals surface area contributed by atoms with Gasteiger partial charge in [0.15, 0.2) is 16.6 Å². The van der Waals surface area contributed by atoms with Gasteiger partial charge in [-0.1, -0.05) is 6.42 Å². The van der Waals surface area contributed by atoms with Crippen molar-refractivity contribution in [2.24, 2.45) is 5.92 Å². The number of nitrogen functional groups attached to an aromatic ring is 1. The lowest BCUT2D eigenvalue weighted by Crippen LogP contribution is -2.48. The van der Waals surface area contributed by atoms with E-state index in [0.29, 0.717) is 22.3 Å². The second-order valence-corrected chi connectivity index (χ2v) is 12.4. The molecule has 3 aromatic rings. The maximum absolute atomic E-state index is 13.0. The maximum atomic E-state index is 13.0. The standard InChI is InChI=1S/C27H36ClN9O2S/c28-26-32-23(29)22-24(33-26)37(16-30-22)20-6-4-17(5-7-20)25(39)34-27-31-18(15-40-27)14-21(38)36-12-8-19(9-13-36)35-10-2-1-3-11-35/h15-17,19-20H,1-14H2,(H2,29,32,33)(H,31,34,39)/t17-,20+. The fourth-order valence-corrected chi connectivity index (χ4v) is 7.36. The number of likely N-dealkylation sites (tertiary alicyclic amines) is 2. The van der Waals surface area contributed by atoms with Crippen LogP contribution in [0, 0.1) is 5.92 Å². The number of amides is 2. The van der Waals surface area contributed by atoms with E-state index < -0.39 is 0 Å². The monoisotopic (exact) mass is 585 g/mol. The molecule has 0 bridgehead atoms. The number of imidazole rings is 1. The van der Waals surface area contributed by atoms with Crippen molar-refractivity contribution in [3.05, 3.63) is 22.7 Å². The van der Waals surface area contributed by atoms with Gasteiger partial charge in [0.05, 0.1) is 18.4 Å². The summed E-state index contributed by atoms with van der Waals surface area (Å²) in [6.07, 6.45) is 11.2. The molecule has 5 heterocycles. The molecular formula is C27H36ClN9O2S. The van der Waals surface area contributed by atoms with Gasteiger partial charge in [-0.3, -0.25) is 9.59 Å². The lowest BCUT2D eigenvalue weighted by molar-refractivity contribution is -0.132. The number of nitrogens with zero attached hydrogens (tertiary/aromatic N) is 7. The number of nitrogens with two attached hydrogens (primary N) is 1. The Morgan fingerprint density at radius 3 is 2.48 bits per heavy atom. The lowest BCUT2D eigenvalue weighted by atomic mass is 9.85. The predicted molar refractivity (Wildman–Crippen MR) is 155 cm³/mol. The molecule has 2 amide bonds. The first-order valence-corrected chi connectivity index (χ1v) is 15.6. The van der Waals surface area contributed by atoms with Crippen molar-refractivity contribution in [1.29, 1.82) is 0 Å². The zero-order valence-electron chi connectivity index (χ0n) is 22.6. The van der Waals surface area contributed by atoms with Gasteiger partial charge in [-0.25, -0.2) is 9.97 Å². The summed E-state index contributed by atoms with van der Waals surface area (Å²) in [4.78, 5) is 47.7. The summed E-state index contributed by atoms with van der Waals surface area (Å²) < 4.78 is 1.99. The Labute approximate surface area is 242 Å². The van der Waals surface area contributed by atoms with E-state index in [0.717, 1.165) is 57.3 Å². The van der Waals surface area contributed by atoms with E-state index in [-0.39, 0.29) is 41.3 Å².